The van der Waals surface area contributed by atoms with Crippen LogP contribution in [-0.2, 0) is 0 Å². The minimum absolute atomic E-state index is 0. The molecular weight excluding hydrogens is 235 g/mol. The molecule has 2 rings (SSSR count). The molecule has 1 aromatic heterocycles. The van der Waals surface area contributed by atoms with Crippen molar-refractivity contribution in [2.45, 2.75) is 0 Å². The molecule has 0 radical (unpaired) electrons. The van der Waals surface area contributed by atoms with E-state index < -0.39 is 5.91 Å². The van der Waals surface area contributed by atoms with E-state index in [2.05, 4.69) is 4.98 Å². The van der Waals surface area contributed by atoms with Gasteiger partial charge in [-0.1, -0.05) is 6.07 Å². The Morgan fingerprint density at radius 1 is 1.13 bits per heavy atom. The molecule has 80 valence electrons. The van der Waals surface area contributed by atoms with Gasteiger partial charge in [-0.3, -0.25) is 9.78 Å². The number of benzene rings is 1. The predicted molar refractivity (Wildman–Crippen MR) is 64.8 cm³/mol. The van der Waals surface area contributed by atoms with Crippen LogP contribution in [0, 0.1) is 0 Å². The summed E-state index contributed by atoms with van der Waals surface area (Å²) in [7, 11) is 0. The molecule has 0 aliphatic carbocycles. The van der Waals surface area contributed by atoms with Crippen molar-refractivity contribution in [1.82, 2.24) is 4.98 Å². The topological polar surface area (TPSA) is 56.0 Å². The second kappa shape index (κ2) is 5.53. The first-order valence-electron chi connectivity index (χ1n) is 3.91. The van der Waals surface area contributed by atoms with Crippen molar-refractivity contribution >= 4 is 41.5 Å². The maximum absolute atomic E-state index is 10.9. The van der Waals surface area contributed by atoms with Gasteiger partial charge in [-0.05, 0) is 23.6 Å². The highest BCUT2D eigenvalue weighted by molar-refractivity contribution is 5.97. The van der Waals surface area contributed by atoms with Crippen LogP contribution >= 0.6 is 24.8 Å². The number of rotatable bonds is 1. The third-order valence-electron chi connectivity index (χ3n) is 1.93. The van der Waals surface area contributed by atoms with E-state index in [1.807, 2.05) is 12.1 Å². The number of amides is 1. The minimum atomic E-state index is -0.404. The third kappa shape index (κ3) is 2.81. The van der Waals surface area contributed by atoms with E-state index in [9.17, 15) is 4.79 Å². The zero-order chi connectivity index (χ0) is 9.26. The van der Waals surface area contributed by atoms with Crippen LogP contribution in [0.3, 0.4) is 0 Å². The van der Waals surface area contributed by atoms with E-state index in [0.29, 0.717) is 5.56 Å². The fourth-order valence-corrected chi connectivity index (χ4v) is 1.24. The molecule has 0 fully saturated rings. The number of halogens is 2. The van der Waals surface area contributed by atoms with Gasteiger partial charge in [0.25, 0.3) is 0 Å². The standard InChI is InChI=1S/C10H8N2O.2ClH/c11-10(13)8-1-2-9-6-12-4-3-7(9)5-8;;/h1-6H,(H2,11,13);2*1H. The van der Waals surface area contributed by atoms with Crippen molar-refractivity contribution in [3.8, 4) is 0 Å². The van der Waals surface area contributed by atoms with Crippen LogP contribution in [0.5, 0.6) is 0 Å². The average Bonchev–Trinajstić information content (AvgIpc) is 2.17. The van der Waals surface area contributed by atoms with Crippen molar-refractivity contribution in [3.05, 3.63) is 42.2 Å². The van der Waals surface area contributed by atoms with Crippen molar-refractivity contribution in [3.63, 3.8) is 0 Å². The number of carbonyl (C=O) groups excluding carboxylic acids is 1. The molecule has 1 amide bonds. The summed E-state index contributed by atoms with van der Waals surface area (Å²) in [6.07, 6.45) is 3.44. The smallest absolute Gasteiger partial charge is 0.248 e. The third-order valence-corrected chi connectivity index (χ3v) is 1.93. The average molecular weight is 245 g/mol. The first kappa shape index (κ1) is 13.7. The molecule has 0 saturated carbocycles. The summed E-state index contributed by atoms with van der Waals surface area (Å²) in [6.45, 7) is 0. The lowest BCUT2D eigenvalue weighted by atomic mass is 10.1. The predicted octanol–water partition coefficient (Wildman–Crippen LogP) is 2.18. The fourth-order valence-electron chi connectivity index (χ4n) is 1.24. The van der Waals surface area contributed by atoms with Crippen molar-refractivity contribution in [2.75, 3.05) is 0 Å². The molecular formula is C10H10Cl2N2O. The molecule has 2 N–H and O–H groups in total. The number of nitrogens with zero attached hydrogens (tertiary/aromatic N) is 1. The Hall–Kier alpha value is -1.32. The Labute approximate surface area is 99.5 Å². The maximum atomic E-state index is 10.9. The van der Waals surface area contributed by atoms with Gasteiger partial charge in [-0.2, -0.15) is 0 Å². The van der Waals surface area contributed by atoms with E-state index in [-0.39, 0.29) is 24.8 Å². The highest BCUT2D eigenvalue weighted by atomic mass is 35.5. The van der Waals surface area contributed by atoms with Crippen LogP contribution in [0.15, 0.2) is 36.7 Å². The van der Waals surface area contributed by atoms with Gasteiger partial charge in [0.1, 0.15) is 0 Å². The zero-order valence-electron chi connectivity index (χ0n) is 7.71. The van der Waals surface area contributed by atoms with Crippen molar-refractivity contribution in [2.24, 2.45) is 5.73 Å². The van der Waals surface area contributed by atoms with Gasteiger partial charge < -0.3 is 5.73 Å². The van der Waals surface area contributed by atoms with Gasteiger partial charge in [-0.15, -0.1) is 24.8 Å². The zero-order valence-corrected chi connectivity index (χ0v) is 9.35. The summed E-state index contributed by atoms with van der Waals surface area (Å²) >= 11 is 0. The lowest BCUT2D eigenvalue weighted by Gasteiger charge is -1.98. The molecule has 0 atom stereocenters. The number of primary amides is 1. The van der Waals surface area contributed by atoms with Crippen molar-refractivity contribution in [1.29, 1.82) is 0 Å². The Morgan fingerprint density at radius 2 is 1.87 bits per heavy atom. The molecule has 3 nitrogen and oxygen atoms in total. The summed E-state index contributed by atoms with van der Waals surface area (Å²) in [6, 6.07) is 7.15. The number of nitrogens with two attached hydrogens (primary N) is 1. The first-order valence-corrected chi connectivity index (χ1v) is 3.91. The Morgan fingerprint density at radius 3 is 2.53 bits per heavy atom. The Balaban J connectivity index is 0.000000980. The molecule has 1 aromatic carbocycles. The van der Waals surface area contributed by atoms with Crippen LogP contribution in [0.2, 0.25) is 0 Å². The number of pyridine rings is 1. The second-order valence-corrected chi connectivity index (χ2v) is 2.80. The Bertz CT molecular complexity index is 474. The minimum Gasteiger partial charge on any atom is -0.366 e. The SMILES string of the molecule is Cl.Cl.NC(=O)c1ccc2cnccc2c1. The number of aromatic nitrogens is 1. The molecule has 2 aromatic rings. The number of carbonyl (C=O) groups is 1. The lowest BCUT2D eigenvalue weighted by molar-refractivity contribution is 0.100. The summed E-state index contributed by atoms with van der Waals surface area (Å²) in [5.74, 6) is -0.404. The molecule has 0 bridgehead atoms. The number of fused-ring (bicyclic) bond motifs is 1. The molecule has 15 heavy (non-hydrogen) atoms. The van der Waals surface area contributed by atoms with E-state index in [1.54, 1.807) is 24.5 Å². The maximum Gasteiger partial charge on any atom is 0.248 e. The molecule has 0 aliphatic heterocycles. The fraction of sp³-hybridized carbons (Fsp3) is 0. The van der Waals surface area contributed by atoms with Gasteiger partial charge in [0.2, 0.25) is 5.91 Å². The summed E-state index contributed by atoms with van der Waals surface area (Å²) in [4.78, 5) is 14.8. The normalized spacial score (nSPS) is 8.80. The van der Waals surface area contributed by atoms with Crippen LogP contribution in [0.4, 0.5) is 0 Å². The van der Waals surface area contributed by atoms with Gasteiger partial charge in [0.05, 0.1) is 0 Å². The molecule has 0 saturated heterocycles. The largest absolute Gasteiger partial charge is 0.366 e. The first-order chi connectivity index (χ1) is 6.27. The van der Waals surface area contributed by atoms with E-state index >= 15 is 0 Å². The van der Waals surface area contributed by atoms with Crippen molar-refractivity contribution < 1.29 is 4.79 Å². The Kier molecular flexibility index (Phi) is 5.05. The molecule has 0 spiro atoms. The summed E-state index contributed by atoms with van der Waals surface area (Å²) < 4.78 is 0. The van der Waals surface area contributed by atoms with Crippen LogP contribution < -0.4 is 5.73 Å². The summed E-state index contributed by atoms with van der Waals surface area (Å²) in [5.41, 5.74) is 5.68. The quantitative estimate of drug-likeness (QED) is 0.837. The van der Waals surface area contributed by atoms with E-state index in [4.69, 9.17) is 5.73 Å². The van der Waals surface area contributed by atoms with E-state index in [0.717, 1.165) is 10.8 Å². The van der Waals surface area contributed by atoms with Gasteiger partial charge in [0.15, 0.2) is 0 Å². The van der Waals surface area contributed by atoms with Gasteiger partial charge >= 0.3 is 0 Å². The van der Waals surface area contributed by atoms with Crippen LogP contribution in [-0.4, -0.2) is 10.9 Å². The lowest BCUT2D eigenvalue weighted by Crippen LogP contribution is -2.10. The highest BCUT2D eigenvalue weighted by Gasteiger charge is 2.00. The molecule has 0 aliphatic rings. The van der Waals surface area contributed by atoms with E-state index in [1.165, 1.54) is 0 Å². The molecule has 1 heterocycles. The van der Waals surface area contributed by atoms with Crippen LogP contribution in [0.1, 0.15) is 10.4 Å². The second-order valence-electron chi connectivity index (χ2n) is 2.80. The number of hydrogen-bond donors (Lipinski definition) is 1. The van der Waals surface area contributed by atoms with Crippen LogP contribution in [0.25, 0.3) is 10.8 Å². The van der Waals surface area contributed by atoms with Gasteiger partial charge in [0, 0.05) is 23.3 Å². The number of hydrogen-bond acceptors (Lipinski definition) is 2. The molecule has 5 heteroatoms. The summed E-state index contributed by atoms with van der Waals surface area (Å²) in [5, 5.41) is 1.99. The van der Waals surface area contributed by atoms with Gasteiger partial charge in [-0.25, -0.2) is 0 Å². The highest BCUT2D eigenvalue weighted by Crippen LogP contribution is 2.13. The molecule has 0 unspecified atom stereocenters. The monoisotopic (exact) mass is 244 g/mol.